The molecule has 2 aromatic rings. The zero-order valence-corrected chi connectivity index (χ0v) is 15.0. The SMILES string of the molecule is Cc1nccc(CC2C(NCc3ccc(Cl)cc3)CC(O)C2CO)n1. The predicted molar refractivity (Wildman–Crippen MR) is 97.2 cm³/mol. The first kappa shape index (κ1) is 18.3. The fraction of sp³-hybridized carbons (Fsp3) is 0.474. The van der Waals surface area contributed by atoms with Gasteiger partial charge in [0, 0.05) is 42.0 Å². The summed E-state index contributed by atoms with van der Waals surface area (Å²) in [6.07, 6.45) is 2.60. The number of aliphatic hydroxyl groups excluding tert-OH is 2. The molecule has 4 atom stereocenters. The first-order chi connectivity index (χ1) is 12.1. The fourth-order valence-electron chi connectivity index (χ4n) is 3.69. The molecule has 1 fully saturated rings. The Labute approximate surface area is 153 Å². The van der Waals surface area contributed by atoms with E-state index in [1.165, 1.54) is 0 Å². The molecule has 1 saturated carbocycles. The number of aromatic nitrogens is 2. The predicted octanol–water partition coefficient (Wildman–Crippen LogP) is 2.13. The number of rotatable bonds is 6. The summed E-state index contributed by atoms with van der Waals surface area (Å²) in [5.41, 5.74) is 2.09. The molecule has 3 N–H and O–H groups in total. The Morgan fingerprint density at radius 1 is 1.20 bits per heavy atom. The summed E-state index contributed by atoms with van der Waals surface area (Å²) in [5.74, 6) is 0.724. The summed E-state index contributed by atoms with van der Waals surface area (Å²) in [6, 6.07) is 9.76. The number of aliphatic hydroxyl groups is 2. The Kier molecular flexibility index (Phi) is 6.02. The molecule has 0 amide bonds. The fourth-order valence-corrected chi connectivity index (χ4v) is 3.82. The second kappa shape index (κ2) is 8.23. The maximum atomic E-state index is 10.3. The number of hydrogen-bond donors (Lipinski definition) is 3. The minimum absolute atomic E-state index is 0.0188. The second-order valence-electron chi connectivity index (χ2n) is 6.73. The highest BCUT2D eigenvalue weighted by Gasteiger charge is 2.41. The van der Waals surface area contributed by atoms with Gasteiger partial charge in [-0.15, -0.1) is 0 Å². The highest BCUT2D eigenvalue weighted by molar-refractivity contribution is 6.30. The van der Waals surface area contributed by atoms with Gasteiger partial charge in [-0.25, -0.2) is 9.97 Å². The van der Waals surface area contributed by atoms with E-state index in [2.05, 4.69) is 15.3 Å². The standard InChI is InChI=1S/C19H24ClN3O2/c1-12-21-7-6-15(23-12)8-16-17(11-24)19(25)9-18(16)22-10-13-2-4-14(20)5-3-13/h2-7,16-19,22,24-25H,8-11H2,1H3. The van der Waals surface area contributed by atoms with Crippen molar-refractivity contribution in [1.82, 2.24) is 15.3 Å². The summed E-state index contributed by atoms with van der Waals surface area (Å²) in [4.78, 5) is 8.61. The van der Waals surface area contributed by atoms with Gasteiger partial charge in [-0.3, -0.25) is 0 Å². The van der Waals surface area contributed by atoms with Gasteiger partial charge in [0.2, 0.25) is 0 Å². The molecule has 1 aromatic carbocycles. The van der Waals surface area contributed by atoms with E-state index in [9.17, 15) is 10.2 Å². The molecule has 6 heteroatoms. The van der Waals surface area contributed by atoms with Crippen LogP contribution in [0.15, 0.2) is 36.5 Å². The molecule has 0 aliphatic heterocycles. The number of hydrogen-bond acceptors (Lipinski definition) is 5. The molecular weight excluding hydrogens is 338 g/mol. The van der Waals surface area contributed by atoms with E-state index >= 15 is 0 Å². The van der Waals surface area contributed by atoms with Crippen LogP contribution in [0.3, 0.4) is 0 Å². The van der Waals surface area contributed by atoms with Gasteiger partial charge < -0.3 is 15.5 Å². The van der Waals surface area contributed by atoms with E-state index in [1.54, 1.807) is 6.20 Å². The van der Waals surface area contributed by atoms with Gasteiger partial charge in [0.05, 0.1) is 6.10 Å². The second-order valence-corrected chi connectivity index (χ2v) is 7.16. The minimum atomic E-state index is -0.499. The Morgan fingerprint density at radius 2 is 1.96 bits per heavy atom. The Morgan fingerprint density at radius 3 is 2.64 bits per heavy atom. The van der Waals surface area contributed by atoms with Crippen molar-refractivity contribution in [3.05, 3.63) is 58.6 Å². The van der Waals surface area contributed by atoms with Gasteiger partial charge in [0.15, 0.2) is 0 Å². The zero-order valence-electron chi connectivity index (χ0n) is 14.3. The number of benzene rings is 1. The molecule has 0 spiro atoms. The summed E-state index contributed by atoms with van der Waals surface area (Å²) in [7, 11) is 0. The average molecular weight is 362 g/mol. The molecule has 4 unspecified atom stereocenters. The molecule has 3 rings (SSSR count). The van der Waals surface area contributed by atoms with Crippen LogP contribution in [0.4, 0.5) is 0 Å². The Balaban J connectivity index is 1.70. The molecule has 0 bridgehead atoms. The average Bonchev–Trinajstić information content (AvgIpc) is 2.89. The lowest BCUT2D eigenvalue weighted by Crippen LogP contribution is -2.36. The van der Waals surface area contributed by atoms with Gasteiger partial charge in [-0.05, 0) is 49.4 Å². The van der Waals surface area contributed by atoms with Gasteiger partial charge in [-0.1, -0.05) is 23.7 Å². The number of aryl methyl sites for hydroxylation is 1. The van der Waals surface area contributed by atoms with Crippen LogP contribution < -0.4 is 5.32 Å². The van der Waals surface area contributed by atoms with Crippen molar-refractivity contribution >= 4 is 11.6 Å². The molecule has 0 radical (unpaired) electrons. The summed E-state index contributed by atoms with van der Waals surface area (Å²) in [6.45, 7) is 2.55. The molecule has 134 valence electrons. The van der Waals surface area contributed by atoms with Crippen LogP contribution >= 0.6 is 11.6 Å². The van der Waals surface area contributed by atoms with Crippen LogP contribution in [0.2, 0.25) is 5.02 Å². The van der Waals surface area contributed by atoms with E-state index in [0.29, 0.717) is 19.4 Å². The molecule has 25 heavy (non-hydrogen) atoms. The Bertz CT molecular complexity index is 695. The van der Waals surface area contributed by atoms with Gasteiger partial charge >= 0.3 is 0 Å². The Hall–Kier alpha value is -1.53. The molecular formula is C19H24ClN3O2. The van der Waals surface area contributed by atoms with Crippen molar-refractivity contribution in [1.29, 1.82) is 0 Å². The lowest BCUT2D eigenvalue weighted by molar-refractivity contribution is 0.0716. The lowest BCUT2D eigenvalue weighted by atomic mass is 9.88. The third kappa shape index (κ3) is 4.55. The topological polar surface area (TPSA) is 78.3 Å². The zero-order chi connectivity index (χ0) is 17.8. The van der Waals surface area contributed by atoms with Crippen molar-refractivity contribution in [2.75, 3.05) is 6.61 Å². The highest BCUT2D eigenvalue weighted by atomic mass is 35.5. The molecule has 1 aliphatic carbocycles. The van der Waals surface area contributed by atoms with Crippen molar-refractivity contribution in [2.24, 2.45) is 11.8 Å². The lowest BCUT2D eigenvalue weighted by Gasteiger charge is -2.25. The van der Waals surface area contributed by atoms with Crippen molar-refractivity contribution < 1.29 is 10.2 Å². The van der Waals surface area contributed by atoms with Crippen molar-refractivity contribution in [3.63, 3.8) is 0 Å². The van der Waals surface area contributed by atoms with Gasteiger partial charge in [0.1, 0.15) is 5.82 Å². The minimum Gasteiger partial charge on any atom is -0.396 e. The maximum Gasteiger partial charge on any atom is 0.125 e. The third-order valence-electron chi connectivity index (χ3n) is 5.03. The van der Waals surface area contributed by atoms with Crippen LogP contribution in [0.25, 0.3) is 0 Å². The van der Waals surface area contributed by atoms with Crippen LogP contribution in [0.5, 0.6) is 0 Å². The maximum absolute atomic E-state index is 10.3. The first-order valence-corrected chi connectivity index (χ1v) is 9.00. The molecule has 0 saturated heterocycles. The normalized spacial score (nSPS) is 26.1. The van der Waals surface area contributed by atoms with Gasteiger partial charge in [-0.2, -0.15) is 0 Å². The molecule has 5 nitrogen and oxygen atoms in total. The number of nitrogens with one attached hydrogen (secondary N) is 1. The quantitative estimate of drug-likeness (QED) is 0.734. The first-order valence-electron chi connectivity index (χ1n) is 8.62. The van der Waals surface area contributed by atoms with Gasteiger partial charge in [0.25, 0.3) is 0 Å². The summed E-state index contributed by atoms with van der Waals surface area (Å²) in [5, 5.41) is 24.3. The molecule has 1 aliphatic rings. The molecule has 1 heterocycles. The van der Waals surface area contributed by atoms with E-state index in [1.807, 2.05) is 37.3 Å². The van der Waals surface area contributed by atoms with Crippen molar-refractivity contribution in [2.45, 2.75) is 38.5 Å². The number of halogens is 1. The monoisotopic (exact) mass is 361 g/mol. The van der Waals surface area contributed by atoms with Crippen LogP contribution in [0.1, 0.15) is 23.5 Å². The van der Waals surface area contributed by atoms with E-state index in [4.69, 9.17) is 11.6 Å². The summed E-state index contributed by atoms with van der Waals surface area (Å²) < 4.78 is 0. The third-order valence-corrected chi connectivity index (χ3v) is 5.28. The van der Waals surface area contributed by atoms with Crippen LogP contribution in [-0.2, 0) is 13.0 Å². The van der Waals surface area contributed by atoms with E-state index in [0.717, 1.165) is 22.1 Å². The smallest absolute Gasteiger partial charge is 0.125 e. The number of nitrogens with zero attached hydrogens (tertiary/aromatic N) is 2. The molecule has 1 aromatic heterocycles. The highest BCUT2D eigenvalue weighted by Crippen LogP contribution is 2.34. The van der Waals surface area contributed by atoms with Crippen LogP contribution in [0, 0.1) is 18.8 Å². The van der Waals surface area contributed by atoms with Crippen molar-refractivity contribution in [3.8, 4) is 0 Å². The van der Waals surface area contributed by atoms with Crippen LogP contribution in [-0.4, -0.2) is 38.9 Å². The van der Waals surface area contributed by atoms with E-state index < -0.39 is 6.10 Å². The largest absolute Gasteiger partial charge is 0.396 e. The van der Waals surface area contributed by atoms with E-state index in [-0.39, 0.29) is 24.5 Å². The summed E-state index contributed by atoms with van der Waals surface area (Å²) >= 11 is 5.93.